The third-order valence-electron chi connectivity index (χ3n) is 2.33. The fourth-order valence-electron chi connectivity index (χ4n) is 1.40. The highest BCUT2D eigenvalue weighted by Gasteiger charge is 2.47. The molecule has 0 atom stereocenters. The summed E-state index contributed by atoms with van der Waals surface area (Å²) < 4.78 is 50.5. The Morgan fingerprint density at radius 1 is 1.33 bits per heavy atom. The van der Waals surface area contributed by atoms with Crippen molar-refractivity contribution in [2.75, 3.05) is 6.54 Å². The van der Waals surface area contributed by atoms with E-state index in [0.29, 0.717) is 10.2 Å². The molecule has 0 spiro atoms. The molecule has 0 amide bonds. The molecule has 2 aromatic rings. The topological polar surface area (TPSA) is 73.1 Å². The highest BCUT2D eigenvalue weighted by atomic mass is 32.2. The molecule has 1 heterocycles. The number of sulfone groups is 1. The van der Waals surface area contributed by atoms with Crippen LogP contribution in [-0.2, 0) is 9.84 Å². The van der Waals surface area contributed by atoms with Crippen LogP contribution in [0.1, 0.15) is 6.42 Å². The zero-order chi connectivity index (χ0) is 13.4. The number of nitrogens with two attached hydrogens (primary N) is 1. The molecule has 98 valence electrons. The molecule has 8 heteroatoms. The van der Waals surface area contributed by atoms with Crippen LogP contribution in [0.3, 0.4) is 0 Å². The van der Waals surface area contributed by atoms with Gasteiger partial charge < -0.3 is 5.73 Å². The number of benzene rings is 1. The maximum atomic E-state index is 13.5. The molecule has 2 rings (SSSR count). The molecule has 0 unspecified atom stereocenters. The number of aromatic nitrogens is 1. The van der Waals surface area contributed by atoms with Crippen molar-refractivity contribution >= 4 is 31.4 Å². The number of hydrogen-bond donors (Lipinski definition) is 1. The lowest BCUT2D eigenvalue weighted by Crippen LogP contribution is -2.31. The predicted octanol–water partition coefficient (Wildman–Crippen LogP) is 2.01. The van der Waals surface area contributed by atoms with Gasteiger partial charge in [-0.25, -0.2) is 13.4 Å². The van der Waals surface area contributed by atoms with Crippen molar-refractivity contribution in [1.82, 2.24) is 4.98 Å². The van der Waals surface area contributed by atoms with E-state index in [2.05, 4.69) is 4.98 Å². The van der Waals surface area contributed by atoms with Crippen molar-refractivity contribution < 1.29 is 17.2 Å². The fraction of sp³-hybridized carbons (Fsp3) is 0.300. The molecular formula is C10H10F2N2O2S2. The Hall–Kier alpha value is -1.12. The van der Waals surface area contributed by atoms with Crippen molar-refractivity contribution in [2.24, 2.45) is 5.73 Å². The highest BCUT2D eigenvalue weighted by molar-refractivity contribution is 7.94. The lowest BCUT2D eigenvalue weighted by Gasteiger charge is -2.13. The van der Waals surface area contributed by atoms with E-state index in [1.165, 1.54) is 0 Å². The molecule has 18 heavy (non-hydrogen) atoms. The smallest absolute Gasteiger partial charge is 0.330 e. The summed E-state index contributed by atoms with van der Waals surface area (Å²) in [6.07, 6.45) is -0.911. The van der Waals surface area contributed by atoms with Gasteiger partial charge in [0.05, 0.1) is 10.2 Å². The Bertz CT molecular complexity index is 634. The minimum Gasteiger partial charge on any atom is -0.330 e. The average Bonchev–Trinajstić information content (AvgIpc) is 2.72. The highest BCUT2D eigenvalue weighted by Crippen LogP contribution is 2.35. The number of thiazole rings is 1. The average molecular weight is 292 g/mol. The van der Waals surface area contributed by atoms with E-state index in [0.717, 1.165) is 11.3 Å². The van der Waals surface area contributed by atoms with E-state index in [1.54, 1.807) is 24.3 Å². The number of halogens is 2. The van der Waals surface area contributed by atoms with Crippen LogP contribution in [0.25, 0.3) is 10.2 Å². The summed E-state index contributed by atoms with van der Waals surface area (Å²) in [6.45, 7) is -0.406. The standard InChI is InChI=1S/C10H10F2N2O2S2/c11-10(12,5-6-13)18(15,16)9-14-7-3-1-2-4-8(7)17-9/h1-4H,5-6,13H2. The van der Waals surface area contributed by atoms with Gasteiger partial charge in [-0.2, -0.15) is 8.78 Å². The van der Waals surface area contributed by atoms with Gasteiger partial charge in [-0.3, -0.25) is 0 Å². The monoisotopic (exact) mass is 292 g/mol. The second kappa shape index (κ2) is 4.52. The van der Waals surface area contributed by atoms with E-state index in [4.69, 9.17) is 5.73 Å². The first-order valence-corrected chi connectivity index (χ1v) is 7.36. The first-order chi connectivity index (χ1) is 8.38. The largest absolute Gasteiger partial charge is 0.353 e. The van der Waals surface area contributed by atoms with E-state index in [1.807, 2.05) is 0 Å². The molecule has 0 saturated heterocycles. The van der Waals surface area contributed by atoms with Crippen LogP contribution >= 0.6 is 11.3 Å². The number of para-hydroxylation sites is 1. The normalized spacial score (nSPS) is 13.1. The first kappa shape index (κ1) is 13.3. The van der Waals surface area contributed by atoms with Crippen LogP contribution in [0, 0.1) is 0 Å². The summed E-state index contributed by atoms with van der Waals surface area (Å²) in [5.41, 5.74) is 5.40. The molecular weight excluding hydrogens is 282 g/mol. The SMILES string of the molecule is NCCC(F)(F)S(=O)(=O)c1nc2ccccc2s1. The summed E-state index contributed by atoms with van der Waals surface area (Å²) in [6, 6.07) is 6.56. The van der Waals surface area contributed by atoms with Crippen LogP contribution in [0.4, 0.5) is 8.78 Å². The Labute approximate surface area is 106 Å². The number of rotatable bonds is 4. The molecule has 0 saturated carbocycles. The molecule has 0 radical (unpaired) electrons. The van der Waals surface area contributed by atoms with Crippen LogP contribution < -0.4 is 5.73 Å². The Balaban J connectivity index is 2.53. The summed E-state index contributed by atoms with van der Waals surface area (Å²) in [4.78, 5) is 3.74. The van der Waals surface area contributed by atoms with E-state index in [-0.39, 0.29) is 0 Å². The molecule has 4 nitrogen and oxygen atoms in total. The lowest BCUT2D eigenvalue weighted by molar-refractivity contribution is 0.0849. The minimum atomic E-state index is -4.77. The van der Waals surface area contributed by atoms with E-state index >= 15 is 0 Å². The van der Waals surface area contributed by atoms with Crippen LogP contribution in [-0.4, -0.2) is 25.2 Å². The number of hydrogen-bond acceptors (Lipinski definition) is 5. The minimum absolute atomic E-state index is 0.393. The van der Waals surface area contributed by atoms with Gasteiger partial charge in [0, 0.05) is 6.42 Å². The summed E-state index contributed by atoms with van der Waals surface area (Å²) in [7, 11) is -4.77. The van der Waals surface area contributed by atoms with Gasteiger partial charge in [0.2, 0.25) is 4.34 Å². The van der Waals surface area contributed by atoms with Gasteiger partial charge in [0.1, 0.15) is 0 Å². The molecule has 0 aliphatic heterocycles. The lowest BCUT2D eigenvalue weighted by atomic mass is 10.3. The van der Waals surface area contributed by atoms with Crippen LogP contribution in [0.15, 0.2) is 28.6 Å². The third kappa shape index (κ3) is 2.11. The van der Waals surface area contributed by atoms with Crippen molar-refractivity contribution in [2.45, 2.75) is 16.0 Å². The number of alkyl halides is 2. The zero-order valence-corrected chi connectivity index (χ0v) is 10.8. The van der Waals surface area contributed by atoms with Crippen LogP contribution in [0.2, 0.25) is 0 Å². The predicted molar refractivity (Wildman–Crippen MR) is 65.4 cm³/mol. The quantitative estimate of drug-likeness (QED) is 0.935. The maximum Gasteiger partial charge on any atom is 0.353 e. The van der Waals surface area contributed by atoms with Crippen molar-refractivity contribution in [3.8, 4) is 0 Å². The first-order valence-electron chi connectivity index (χ1n) is 5.06. The van der Waals surface area contributed by atoms with Crippen molar-refractivity contribution in [1.29, 1.82) is 0 Å². The summed E-state index contributed by atoms with van der Waals surface area (Å²) in [5, 5.41) is -3.88. The van der Waals surface area contributed by atoms with Gasteiger partial charge in [-0.1, -0.05) is 12.1 Å². The molecule has 0 bridgehead atoms. The molecule has 1 aromatic carbocycles. The van der Waals surface area contributed by atoms with Crippen molar-refractivity contribution in [3.05, 3.63) is 24.3 Å². The Kier molecular flexibility index (Phi) is 3.35. The third-order valence-corrected chi connectivity index (χ3v) is 5.61. The molecule has 0 fully saturated rings. The van der Waals surface area contributed by atoms with Gasteiger partial charge in [-0.05, 0) is 18.7 Å². The van der Waals surface area contributed by atoms with Gasteiger partial charge in [0.25, 0.3) is 9.84 Å². The van der Waals surface area contributed by atoms with Gasteiger partial charge in [0.15, 0.2) is 0 Å². The second-order valence-electron chi connectivity index (χ2n) is 3.63. The molecule has 2 N–H and O–H groups in total. The number of nitrogens with zero attached hydrogens (tertiary/aromatic N) is 1. The molecule has 0 aliphatic rings. The molecule has 0 aliphatic carbocycles. The van der Waals surface area contributed by atoms with Crippen molar-refractivity contribution in [3.63, 3.8) is 0 Å². The Morgan fingerprint density at radius 2 is 2.00 bits per heavy atom. The summed E-state index contributed by atoms with van der Waals surface area (Å²) in [5.74, 6) is 0. The van der Waals surface area contributed by atoms with E-state index in [9.17, 15) is 17.2 Å². The Morgan fingerprint density at radius 3 is 2.61 bits per heavy atom. The molecule has 1 aromatic heterocycles. The van der Waals surface area contributed by atoms with Gasteiger partial charge in [-0.15, -0.1) is 11.3 Å². The second-order valence-corrected chi connectivity index (χ2v) is 6.91. The van der Waals surface area contributed by atoms with Crippen LogP contribution in [0.5, 0.6) is 0 Å². The van der Waals surface area contributed by atoms with Gasteiger partial charge >= 0.3 is 5.25 Å². The number of fused-ring (bicyclic) bond motifs is 1. The van der Waals surface area contributed by atoms with E-state index < -0.39 is 32.4 Å². The zero-order valence-electron chi connectivity index (χ0n) is 9.14. The fourth-order valence-corrected chi connectivity index (χ4v) is 4.03. The maximum absolute atomic E-state index is 13.5. The summed E-state index contributed by atoms with van der Waals surface area (Å²) >= 11 is 0.737.